The highest BCUT2D eigenvalue weighted by Crippen LogP contribution is 2.35. The van der Waals surface area contributed by atoms with Crippen molar-refractivity contribution in [1.82, 2.24) is 4.98 Å². The minimum atomic E-state index is 0.0606. The Bertz CT molecular complexity index is 723. The number of carbonyl (C=O) groups excluding carboxylic acids is 1. The third kappa shape index (κ3) is 4.51. The van der Waals surface area contributed by atoms with Gasteiger partial charge in [-0.2, -0.15) is 0 Å². The Morgan fingerprint density at radius 3 is 2.76 bits per heavy atom. The summed E-state index contributed by atoms with van der Waals surface area (Å²) in [7, 11) is 3.26. The van der Waals surface area contributed by atoms with Crippen molar-refractivity contribution in [1.29, 1.82) is 0 Å². The van der Waals surface area contributed by atoms with Gasteiger partial charge in [0.15, 0.2) is 5.13 Å². The predicted octanol–water partition coefficient (Wildman–Crippen LogP) is 4.74. The number of aromatic nitrogens is 1. The van der Waals surface area contributed by atoms with Gasteiger partial charge >= 0.3 is 0 Å². The van der Waals surface area contributed by atoms with E-state index in [4.69, 9.17) is 9.47 Å². The lowest BCUT2D eigenvalue weighted by molar-refractivity contribution is -0.117. The summed E-state index contributed by atoms with van der Waals surface area (Å²) < 4.78 is 10.7. The van der Waals surface area contributed by atoms with E-state index in [1.807, 2.05) is 23.6 Å². The zero-order valence-corrected chi connectivity index (χ0v) is 15.5. The fraction of sp³-hybridized carbons (Fsp3) is 0.474. The summed E-state index contributed by atoms with van der Waals surface area (Å²) in [6.45, 7) is 0. The number of thiazole rings is 1. The number of hydrogen-bond donors (Lipinski definition) is 1. The lowest BCUT2D eigenvalue weighted by Gasteiger charge is -2.20. The number of nitrogens with one attached hydrogen (secondary N) is 1. The number of hydrogen-bond acceptors (Lipinski definition) is 5. The van der Waals surface area contributed by atoms with Gasteiger partial charge in [0.05, 0.1) is 19.9 Å². The van der Waals surface area contributed by atoms with Crippen LogP contribution < -0.4 is 14.8 Å². The SMILES string of the molecule is COc1ccc(OC)c(-c2csc(NC(=O)CC3CCCCC3)n2)c1. The van der Waals surface area contributed by atoms with Crippen LogP contribution in [0.1, 0.15) is 38.5 Å². The third-order valence-electron chi connectivity index (χ3n) is 4.63. The van der Waals surface area contributed by atoms with Crippen molar-refractivity contribution in [3.63, 3.8) is 0 Å². The predicted molar refractivity (Wildman–Crippen MR) is 100 cm³/mol. The first-order valence-corrected chi connectivity index (χ1v) is 9.55. The number of rotatable bonds is 6. The van der Waals surface area contributed by atoms with Gasteiger partial charge < -0.3 is 14.8 Å². The highest BCUT2D eigenvalue weighted by atomic mass is 32.1. The Kier molecular flexibility index (Phi) is 5.91. The Morgan fingerprint density at radius 2 is 2.04 bits per heavy atom. The molecule has 0 spiro atoms. The van der Waals surface area contributed by atoms with Crippen LogP contribution in [-0.4, -0.2) is 25.1 Å². The van der Waals surface area contributed by atoms with Crippen LogP contribution in [0.4, 0.5) is 5.13 Å². The van der Waals surface area contributed by atoms with E-state index in [0.717, 1.165) is 35.6 Å². The van der Waals surface area contributed by atoms with Crippen LogP contribution in [0, 0.1) is 5.92 Å². The Labute approximate surface area is 152 Å². The molecule has 5 nitrogen and oxygen atoms in total. The monoisotopic (exact) mass is 360 g/mol. The molecule has 2 aromatic rings. The summed E-state index contributed by atoms with van der Waals surface area (Å²) in [6.07, 6.45) is 6.72. The van der Waals surface area contributed by atoms with Gasteiger partial charge in [-0.1, -0.05) is 19.3 Å². The smallest absolute Gasteiger partial charge is 0.226 e. The lowest BCUT2D eigenvalue weighted by atomic mass is 9.87. The van der Waals surface area contributed by atoms with E-state index in [1.54, 1.807) is 14.2 Å². The number of anilines is 1. The van der Waals surface area contributed by atoms with Gasteiger partial charge in [-0.3, -0.25) is 4.79 Å². The van der Waals surface area contributed by atoms with Crippen molar-refractivity contribution < 1.29 is 14.3 Å². The molecule has 6 heteroatoms. The zero-order valence-electron chi connectivity index (χ0n) is 14.7. The maximum atomic E-state index is 12.3. The second-order valence-corrected chi connectivity index (χ2v) is 7.22. The average molecular weight is 360 g/mol. The van der Waals surface area contributed by atoms with Crippen LogP contribution in [0.5, 0.6) is 11.5 Å². The first-order valence-electron chi connectivity index (χ1n) is 8.67. The molecule has 25 heavy (non-hydrogen) atoms. The molecule has 1 aliphatic carbocycles. The molecular weight excluding hydrogens is 336 g/mol. The lowest BCUT2D eigenvalue weighted by Crippen LogP contribution is -2.18. The first-order chi connectivity index (χ1) is 12.2. The van der Waals surface area contributed by atoms with Crippen molar-refractivity contribution in [2.45, 2.75) is 38.5 Å². The Morgan fingerprint density at radius 1 is 1.24 bits per heavy atom. The van der Waals surface area contributed by atoms with E-state index in [0.29, 0.717) is 17.5 Å². The molecule has 1 saturated carbocycles. The minimum absolute atomic E-state index is 0.0606. The van der Waals surface area contributed by atoms with Crippen LogP contribution in [0.25, 0.3) is 11.3 Å². The molecule has 1 aliphatic rings. The number of ether oxygens (including phenoxy) is 2. The van der Waals surface area contributed by atoms with Crippen LogP contribution in [0.3, 0.4) is 0 Å². The number of nitrogens with zero attached hydrogens (tertiary/aromatic N) is 1. The van der Waals surface area contributed by atoms with E-state index in [1.165, 1.54) is 30.6 Å². The van der Waals surface area contributed by atoms with Crippen LogP contribution in [-0.2, 0) is 4.79 Å². The minimum Gasteiger partial charge on any atom is -0.497 e. The van der Waals surface area contributed by atoms with E-state index in [9.17, 15) is 4.79 Å². The Hall–Kier alpha value is -2.08. The molecule has 3 rings (SSSR count). The van der Waals surface area contributed by atoms with Crippen LogP contribution in [0.2, 0.25) is 0 Å². The normalized spacial score (nSPS) is 15.0. The van der Waals surface area contributed by atoms with Gasteiger partial charge in [-0.15, -0.1) is 11.3 Å². The van der Waals surface area contributed by atoms with Crippen LogP contribution in [0.15, 0.2) is 23.6 Å². The third-order valence-corrected chi connectivity index (χ3v) is 5.39. The maximum Gasteiger partial charge on any atom is 0.226 e. The molecule has 0 saturated heterocycles. The summed E-state index contributed by atoms with van der Waals surface area (Å²) in [5.41, 5.74) is 1.62. The summed E-state index contributed by atoms with van der Waals surface area (Å²) in [4.78, 5) is 16.8. The van der Waals surface area contributed by atoms with Crippen molar-refractivity contribution in [3.8, 4) is 22.8 Å². The Balaban J connectivity index is 1.68. The molecule has 1 amide bonds. The molecule has 0 aliphatic heterocycles. The molecule has 1 N–H and O–H groups in total. The summed E-state index contributed by atoms with van der Waals surface area (Å²) >= 11 is 1.43. The highest BCUT2D eigenvalue weighted by molar-refractivity contribution is 7.14. The van der Waals surface area contributed by atoms with Gasteiger partial charge in [0, 0.05) is 17.4 Å². The van der Waals surface area contributed by atoms with Gasteiger partial charge in [0.25, 0.3) is 0 Å². The topological polar surface area (TPSA) is 60.5 Å². The number of benzene rings is 1. The first kappa shape index (κ1) is 17.7. The fourth-order valence-electron chi connectivity index (χ4n) is 3.29. The van der Waals surface area contributed by atoms with Crippen molar-refractivity contribution >= 4 is 22.4 Å². The maximum absolute atomic E-state index is 12.3. The quantitative estimate of drug-likeness (QED) is 0.808. The number of amides is 1. The molecule has 0 radical (unpaired) electrons. The zero-order chi connectivity index (χ0) is 17.6. The van der Waals surface area contributed by atoms with E-state index < -0.39 is 0 Å². The number of carbonyl (C=O) groups is 1. The largest absolute Gasteiger partial charge is 0.497 e. The summed E-state index contributed by atoms with van der Waals surface area (Å²) in [6, 6.07) is 5.60. The second-order valence-electron chi connectivity index (χ2n) is 6.36. The average Bonchev–Trinajstić information content (AvgIpc) is 3.10. The fourth-order valence-corrected chi connectivity index (χ4v) is 4.02. The van der Waals surface area contributed by atoms with Gasteiger partial charge in [0.1, 0.15) is 11.5 Å². The molecule has 0 atom stereocenters. The number of methoxy groups -OCH3 is 2. The van der Waals surface area contributed by atoms with Gasteiger partial charge in [-0.25, -0.2) is 4.98 Å². The summed E-state index contributed by atoms with van der Waals surface area (Å²) in [5, 5.41) is 5.49. The van der Waals surface area contributed by atoms with Gasteiger partial charge in [-0.05, 0) is 37.0 Å². The van der Waals surface area contributed by atoms with Crippen molar-refractivity contribution in [3.05, 3.63) is 23.6 Å². The van der Waals surface area contributed by atoms with E-state index in [2.05, 4.69) is 10.3 Å². The molecule has 0 unspecified atom stereocenters. The van der Waals surface area contributed by atoms with Crippen molar-refractivity contribution in [2.75, 3.05) is 19.5 Å². The van der Waals surface area contributed by atoms with E-state index in [-0.39, 0.29) is 5.91 Å². The molecule has 1 aromatic heterocycles. The second kappa shape index (κ2) is 8.34. The molecule has 1 fully saturated rings. The standard InChI is InChI=1S/C19H24N2O3S/c1-23-14-8-9-17(24-2)15(11-14)16-12-25-19(20-16)21-18(22)10-13-6-4-3-5-7-13/h8-9,11-13H,3-7,10H2,1-2H3,(H,20,21,22). The van der Waals surface area contributed by atoms with Gasteiger partial charge in [0.2, 0.25) is 5.91 Å². The molecule has 134 valence electrons. The van der Waals surface area contributed by atoms with Crippen LogP contribution >= 0.6 is 11.3 Å². The van der Waals surface area contributed by atoms with Crippen molar-refractivity contribution in [2.24, 2.45) is 5.92 Å². The highest BCUT2D eigenvalue weighted by Gasteiger charge is 2.18. The molecule has 1 aromatic carbocycles. The summed E-state index contributed by atoms with van der Waals surface area (Å²) in [5.74, 6) is 2.05. The molecule has 0 bridgehead atoms. The van der Waals surface area contributed by atoms with E-state index >= 15 is 0 Å². The molecule has 1 heterocycles. The molecular formula is C19H24N2O3S.